The van der Waals surface area contributed by atoms with Gasteiger partial charge in [0.1, 0.15) is 0 Å². The van der Waals surface area contributed by atoms with Gasteiger partial charge in [-0.2, -0.15) is 5.10 Å². The van der Waals surface area contributed by atoms with Crippen LogP contribution in [0.4, 0.5) is 4.79 Å². The third-order valence-corrected chi connectivity index (χ3v) is 3.00. The number of fused-ring (bicyclic) bond motifs is 1. The van der Waals surface area contributed by atoms with Crippen LogP contribution >= 0.6 is 0 Å². The van der Waals surface area contributed by atoms with E-state index in [9.17, 15) is 4.79 Å². The Morgan fingerprint density at radius 3 is 2.94 bits per heavy atom. The molecule has 4 heteroatoms. The first-order valence-electron chi connectivity index (χ1n) is 6.39. The van der Waals surface area contributed by atoms with Gasteiger partial charge in [0.25, 0.3) is 0 Å². The predicted molar refractivity (Wildman–Crippen MR) is 70.7 cm³/mol. The second-order valence-corrected chi connectivity index (χ2v) is 4.26. The molecule has 1 aliphatic carbocycles. The summed E-state index contributed by atoms with van der Waals surface area (Å²) in [6.07, 6.45) is 3.73. The summed E-state index contributed by atoms with van der Waals surface area (Å²) in [7, 11) is 0. The van der Waals surface area contributed by atoms with Crippen molar-refractivity contribution in [2.75, 3.05) is 6.61 Å². The Bertz CT molecular complexity index is 455. The maximum atomic E-state index is 11.2. The highest BCUT2D eigenvalue weighted by atomic mass is 16.5. The van der Waals surface area contributed by atoms with Crippen LogP contribution in [-0.4, -0.2) is 18.4 Å². The summed E-state index contributed by atoms with van der Waals surface area (Å²) >= 11 is 0. The van der Waals surface area contributed by atoms with Gasteiger partial charge in [0, 0.05) is 5.56 Å². The van der Waals surface area contributed by atoms with E-state index in [0.717, 1.165) is 37.0 Å². The zero-order valence-electron chi connectivity index (χ0n) is 10.6. The minimum atomic E-state index is -0.494. The lowest BCUT2D eigenvalue weighted by Gasteiger charge is -2.07. The third kappa shape index (κ3) is 3.09. The van der Waals surface area contributed by atoms with Gasteiger partial charge >= 0.3 is 6.09 Å². The molecule has 0 aromatic heterocycles. The maximum absolute atomic E-state index is 11.2. The highest BCUT2D eigenvalue weighted by Crippen LogP contribution is 2.20. The van der Waals surface area contributed by atoms with E-state index in [0.29, 0.717) is 6.61 Å². The molecule has 1 aliphatic rings. The van der Waals surface area contributed by atoms with Crippen LogP contribution in [0.25, 0.3) is 0 Å². The minimum absolute atomic E-state index is 0.354. The molecule has 96 valence electrons. The standard InChI is InChI=1S/C14H18N2O2/c1-2-18-14(17)16-15-13-10-6-4-8-11-7-3-5-9-12(11)13/h3,5,7,9H,2,4,6,8,10H2,1H3,(H,16,17)/b15-13+. The molecule has 0 unspecified atom stereocenters. The number of benzene rings is 1. The summed E-state index contributed by atoms with van der Waals surface area (Å²) < 4.78 is 4.80. The molecule has 1 aromatic rings. The Balaban J connectivity index is 2.17. The number of aryl methyl sites for hydroxylation is 1. The Hall–Kier alpha value is -1.84. The molecule has 4 nitrogen and oxygen atoms in total. The highest BCUT2D eigenvalue weighted by molar-refractivity contribution is 6.02. The lowest BCUT2D eigenvalue weighted by atomic mass is 10.0. The lowest BCUT2D eigenvalue weighted by Crippen LogP contribution is -2.21. The van der Waals surface area contributed by atoms with Crippen LogP contribution in [-0.2, 0) is 11.2 Å². The summed E-state index contributed by atoms with van der Waals surface area (Å²) in [6.45, 7) is 2.13. The topological polar surface area (TPSA) is 50.7 Å². The molecule has 0 saturated heterocycles. The minimum Gasteiger partial charge on any atom is -0.449 e. The van der Waals surface area contributed by atoms with Gasteiger partial charge in [0.15, 0.2) is 0 Å². The van der Waals surface area contributed by atoms with Crippen molar-refractivity contribution in [2.45, 2.75) is 32.6 Å². The quantitative estimate of drug-likeness (QED) is 0.644. The molecule has 0 fully saturated rings. The van der Waals surface area contributed by atoms with Crippen molar-refractivity contribution in [3.05, 3.63) is 35.4 Å². The maximum Gasteiger partial charge on any atom is 0.427 e. The van der Waals surface area contributed by atoms with Gasteiger partial charge in [-0.3, -0.25) is 0 Å². The fourth-order valence-corrected chi connectivity index (χ4v) is 2.16. The molecule has 1 aromatic carbocycles. The number of rotatable bonds is 2. The van der Waals surface area contributed by atoms with Crippen molar-refractivity contribution in [2.24, 2.45) is 5.10 Å². The number of hydrogen-bond donors (Lipinski definition) is 1. The van der Waals surface area contributed by atoms with Crippen molar-refractivity contribution in [1.29, 1.82) is 0 Å². The molecule has 0 spiro atoms. The van der Waals surface area contributed by atoms with E-state index < -0.39 is 6.09 Å². The second-order valence-electron chi connectivity index (χ2n) is 4.26. The van der Waals surface area contributed by atoms with Gasteiger partial charge in [-0.15, -0.1) is 0 Å². The second kappa shape index (κ2) is 6.19. The van der Waals surface area contributed by atoms with E-state index >= 15 is 0 Å². The van der Waals surface area contributed by atoms with E-state index in [1.807, 2.05) is 12.1 Å². The van der Waals surface area contributed by atoms with Crippen molar-refractivity contribution in [3.63, 3.8) is 0 Å². The van der Waals surface area contributed by atoms with Crippen LogP contribution in [0.2, 0.25) is 0 Å². The van der Waals surface area contributed by atoms with Crippen molar-refractivity contribution in [1.82, 2.24) is 5.43 Å². The summed E-state index contributed by atoms with van der Waals surface area (Å²) in [4.78, 5) is 11.2. The van der Waals surface area contributed by atoms with Gasteiger partial charge in [-0.25, -0.2) is 10.2 Å². The largest absolute Gasteiger partial charge is 0.449 e. The summed E-state index contributed by atoms with van der Waals surface area (Å²) in [6, 6.07) is 8.23. The van der Waals surface area contributed by atoms with Crippen LogP contribution in [0, 0.1) is 0 Å². The SMILES string of the molecule is CCOC(=O)N/N=C1\CCCCc2ccccc21. The fraction of sp³-hybridized carbons (Fsp3) is 0.429. The van der Waals surface area contributed by atoms with Gasteiger partial charge in [-0.1, -0.05) is 24.3 Å². The van der Waals surface area contributed by atoms with E-state index in [4.69, 9.17) is 4.74 Å². The highest BCUT2D eigenvalue weighted by Gasteiger charge is 2.13. The van der Waals surface area contributed by atoms with Gasteiger partial charge < -0.3 is 4.74 Å². The number of carbonyl (C=O) groups excluding carboxylic acids is 1. The number of nitrogens with one attached hydrogen (secondary N) is 1. The number of hydrogen-bond acceptors (Lipinski definition) is 3. The molecule has 0 radical (unpaired) electrons. The van der Waals surface area contributed by atoms with Crippen LogP contribution in [0.15, 0.2) is 29.4 Å². The first-order chi connectivity index (χ1) is 8.81. The van der Waals surface area contributed by atoms with Crippen LogP contribution in [0.5, 0.6) is 0 Å². The lowest BCUT2D eigenvalue weighted by molar-refractivity contribution is 0.152. The Morgan fingerprint density at radius 2 is 2.11 bits per heavy atom. The molecule has 0 atom stereocenters. The van der Waals surface area contributed by atoms with Crippen molar-refractivity contribution in [3.8, 4) is 0 Å². The van der Waals surface area contributed by atoms with E-state index in [2.05, 4.69) is 22.7 Å². The molecule has 1 amide bonds. The smallest absolute Gasteiger partial charge is 0.427 e. The van der Waals surface area contributed by atoms with Crippen LogP contribution in [0.3, 0.4) is 0 Å². The molecule has 0 aliphatic heterocycles. The first kappa shape index (κ1) is 12.6. The first-order valence-corrected chi connectivity index (χ1v) is 6.39. The van der Waals surface area contributed by atoms with E-state index in [1.54, 1.807) is 6.92 Å². The fourth-order valence-electron chi connectivity index (χ4n) is 2.16. The number of amides is 1. The zero-order chi connectivity index (χ0) is 12.8. The monoisotopic (exact) mass is 246 g/mol. The molecule has 2 rings (SSSR count). The van der Waals surface area contributed by atoms with Crippen molar-refractivity contribution < 1.29 is 9.53 Å². The third-order valence-electron chi connectivity index (χ3n) is 3.00. The van der Waals surface area contributed by atoms with Crippen molar-refractivity contribution >= 4 is 11.8 Å². The normalized spacial score (nSPS) is 16.8. The molecule has 0 heterocycles. The zero-order valence-corrected chi connectivity index (χ0v) is 10.6. The van der Waals surface area contributed by atoms with E-state index in [1.165, 1.54) is 5.56 Å². The molecular weight excluding hydrogens is 228 g/mol. The number of carbonyl (C=O) groups is 1. The Morgan fingerprint density at radius 1 is 1.33 bits per heavy atom. The van der Waals surface area contributed by atoms with Gasteiger partial charge in [0.2, 0.25) is 0 Å². The Kier molecular flexibility index (Phi) is 4.34. The number of nitrogens with zero attached hydrogens (tertiary/aromatic N) is 1. The predicted octanol–water partition coefficient (Wildman–Crippen LogP) is 2.86. The number of ether oxygens (including phenoxy) is 1. The summed E-state index contributed by atoms with van der Waals surface area (Å²) in [5.41, 5.74) is 5.84. The Labute approximate surface area is 107 Å². The molecule has 0 saturated carbocycles. The van der Waals surface area contributed by atoms with Gasteiger partial charge in [0.05, 0.1) is 12.3 Å². The summed E-state index contributed by atoms with van der Waals surface area (Å²) in [5.74, 6) is 0. The molecular formula is C14H18N2O2. The average Bonchev–Trinajstić information content (AvgIpc) is 2.59. The molecule has 0 bridgehead atoms. The number of hydrazone groups is 1. The molecule has 1 N–H and O–H groups in total. The van der Waals surface area contributed by atoms with Gasteiger partial charge in [-0.05, 0) is 38.2 Å². The van der Waals surface area contributed by atoms with Crippen LogP contribution in [0.1, 0.15) is 37.3 Å². The molecule has 18 heavy (non-hydrogen) atoms. The average molecular weight is 246 g/mol. The van der Waals surface area contributed by atoms with Crippen LogP contribution < -0.4 is 5.43 Å². The van der Waals surface area contributed by atoms with E-state index in [-0.39, 0.29) is 0 Å². The summed E-state index contributed by atoms with van der Waals surface area (Å²) in [5, 5.41) is 4.20.